The van der Waals surface area contributed by atoms with Crippen molar-refractivity contribution in [3.05, 3.63) is 0 Å². The van der Waals surface area contributed by atoms with E-state index in [0.29, 0.717) is 12.8 Å². The van der Waals surface area contributed by atoms with E-state index >= 15 is 0 Å². The Morgan fingerprint density at radius 3 is 1.93 bits per heavy atom. The van der Waals surface area contributed by atoms with Crippen LogP contribution in [0.4, 0.5) is 12.9 Å². The monoisotopic (exact) mass is 230 g/mol. The predicted octanol–water partition coefficient (Wildman–Crippen LogP) is -0.259. The summed E-state index contributed by atoms with van der Waals surface area (Å²) in [6, 6.07) is 0. The van der Waals surface area contributed by atoms with Gasteiger partial charge in [-0.15, -0.1) is 0 Å². The molecule has 2 aliphatic rings. The van der Waals surface area contributed by atoms with Gasteiger partial charge in [0.1, 0.15) is 5.78 Å². The van der Waals surface area contributed by atoms with Crippen LogP contribution in [0.1, 0.15) is 32.6 Å². The Morgan fingerprint density at radius 1 is 1.29 bits per heavy atom. The summed E-state index contributed by atoms with van der Waals surface area (Å²) in [7, 11) is 0. The quantitative estimate of drug-likeness (QED) is 0.567. The van der Waals surface area contributed by atoms with Gasteiger partial charge in [-0.25, -0.2) is 0 Å². The Hall–Kier alpha value is 1.16. The number of hydrogen-bond donors (Lipinski definition) is 0. The van der Waals surface area contributed by atoms with Gasteiger partial charge < -0.3 is 12.9 Å². The van der Waals surface area contributed by atoms with E-state index < -0.39 is 17.7 Å². The minimum atomic E-state index is -4.87. The number of carbonyl (C=O) groups is 1. The summed E-state index contributed by atoms with van der Waals surface area (Å²) in [5.74, 6) is -0.166. The van der Waals surface area contributed by atoms with E-state index in [0.717, 1.165) is 6.42 Å². The van der Waals surface area contributed by atoms with Crippen molar-refractivity contribution >= 4 is 12.8 Å². The molecule has 0 aliphatic heterocycles. The van der Waals surface area contributed by atoms with Crippen molar-refractivity contribution < 1.29 is 69.1 Å². The normalized spacial score (nSPS) is 34.4. The smallest absolute Gasteiger partial charge is 0.449 e. The van der Waals surface area contributed by atoms with Gasteiger partial charge in [-0.2, -0.15) is 0 Å². The van der Waals surface area contributed by atoms with Gasteiger partial charge in [0.05, 0.1) is 0 Å². The van der Waals surface area contributed by atoms with Gasteiger partial charge in [0.2, 0.25) is 0 Å². The molecule has 0 saturated heterocycles. The summed E-state index contributed by atoms with van der Waals surface area (Å²) in [4.78, 5) is 11.2. The maximum atomic E-state index is 12.7. The largest absolute Gasteiger partial charge is 1.00 e. The van der Waals surface area contributed by atoms with Crippen LogP contribution in [-0.2, 0) is 4.79 Å². The molecule has 1 unspecified atom stereocenters. The molecule has 2 fully saturated rings. The molecular weight excluding hydrogens is 219 g/mol. The summed E-state index contributed by atoms with van der Waals surface area (Å²) in [5.41, 5.74) is -0.995. The molecule has 0 bridgehead atoms. The zero-order valence-electron chi connectivity index (χ0n) is 8.45. The van der Waals surface area contributed by atoms with E-state index in [1.54, 1.807) is 0 Å². The van der Waals surface area contributed by atoms with Gasteiger partial charge in [0.15, 0.2) is 0 Å². The summed E-state index contributed by atoms with van der Waals surface area (Å²) < 4.78 is 38.1. The van der Waals surface area contributed by atoms with Crippen LogP contribution in [0.25, 0.3) is 0 Å². The zero-order chi connectivity index (χ0) is 9.91. The Morgan fingerprint density at radius 2 is 1.79 bits per heavy atom. The standard InChI is InChI=1S/C8H11BF3O.K/c1-7(9(10,11)12)5-6(13)8(7)3-2-4-8;/h2-5H2,1H3;/q-1;+1. The fourth-order valence-electron chi connectivity index (χ4n) is 2.69. The van der Waals surface area contributed by atoms with Crippen molar-refractivity contribution in [1.82, 2.24) is 0 Å². The second kappa shape index (κ2) is 3.58. The number of halogens is 3. The summed E-state index contributed by atoms with van der Waals surface area (Å²) in [6.45, 7) is -3.66. The van der Waals surface area contributed by atoms with E-state index in [9.17, 15) is 17.7 Å². The molecule has 14 heavy (non-hydrogen) atoms. The summed E-state index contributed by atoms with van der Waals surface area (Å²) in [5, 5.41) is -1.66. The predicted molar refractivity (Wildman–Crippen MR) is 43.4 cm³/mol. The fraction of sp³-hybridized carbons (Fsp3) is 0.875. The van der Waals surface area contributed by atoms with E-state index in [4.69, 9.17) is 0 Å². The van der Waals surface area contributed by atoms with E-state index in [2.05, 4.69) is 0 Å². The molecule has 0 heterocycles. The number of Topliss-reactive ketones (excluding diaryl/α,β-unsaturated/α-hetero) is 1. The third kappa shape index (κ3) is 1.34. The van der Waals surface area contributed by atoms with Crippen molar-refractivity contribution in [2.75, 3.05) is 0 Å². The van der Waals surface area contributed by atoms with Crippen LogP contribution in [0.2, 0.25) is 5.31 Å². The maximum Gasteiger partial charge on any atom is 1.00 e. The minimum absolute atomic E-state index is 0. The molecule has 2 aliphatic carbocycles. The van der Waals surface area contributed by atoms with Crippen molar-refractivity contribution in [2.45, 2.75) is 37.9 Å². The number of hydrogen-bond acceptors (Lipinski definition) is 1. The SMILES string of the molecule is CC1([B-](F)(F)F)CC(=O)C12CCC2.[K+]. The summed E-state index contributed by atoms with van der Waals surface area (Å²) in [6.07, 6.45) is 1.39. The number of rotatable bonds is 1. The topological polar surface area (TPSA) is 17.1 Å². The van der Waals surface area contributed by atoms with Gasteiger partial charge in [0, 0.05) is 5.41 Å². The summed E-state index contributed by atoms with van der Waals surface area (Å²) >= 11 is 0. The molecule has 2 rings (SSSR count). The van der Waals surface area contributed by atoms with Gasteiger partial charge in [-0.3, -0.25) is 4.79 Å². The molecule has 0 radical (unpaired) electrons. The van der Waals surface area contributed by atoms with Crippen LogP contribution in [0.5, 0.6) is 0 Å². The van der Waals surface area contributed by atoms with Crippen LogP contribution >= 0.6 is 0 Å². The fourth-order valence-corrected chi connectivity index (χ4v) is 2.69. The molecule has 0 aromatic heterocycles. The Balaban J connectivity index is 0.000000980. The Kier molecular flexibility index (Phi) is 3.39. The Labute approximate surface area is 124 Å². The molecule has 0 aromatic rings. The third-order valence-corrected chi connectivity index (χ3v) is 4.08. The van der Waals surface area contributed by atoms with Gasteiger partial charge >= 0.3 is 58.4 Å². The average Bonchev–Trinajstić information content (AvgIpc) is 1.79. The zero-order valence-corrected chi connectivity index (χ0v) is 11.6. The van der Waals surface area contributed by atoms with Crippen LogP contribution in [0.3, 0.4) is 0 Å². The first-order chi connectivity index (χ1) is 5.83. The first-order valence-electron chi connectivity index (χ1n) is 4.56. The van der Waals surface area contributed by atoms with Gasteiger partial charge in [0.25, 0.3) is 0 Å². The molecule has 74 valence electrons. The third-order valence-electron chi connectivity index (χ3n) is 4.08. The van der Waals surface area contributed by atoms with Crippen molar-refractivity contribution in [3.8, 4) is 0 Å². The first-order valence-corrected chi connectivity index (χ1v) is 4.56. The van der Waals surface area contributed by atoms with Crippen LogP contribution in [-0.4, -0.2) is 12.8 Å². The average molecular weight is 230 g/mol. The van der Waals surface area contributed by atoms with Crippen LogP contribution in [0, 0.1) is 5.41 Å². The molecule has 2 saturated carbocycles. The molecule has 1 nitrogen and oxygen atoms in total. The molecule has 1 spiro atoms. The minimum Gasteiger partial charge on any atom is -0.449 e. The van der Waals surface area contributed by atoms with Crippen molar-refractivity contribution in [3.63, 3.8) is 0 Å². The molecule has 0 amide bonds. The van der Waals surface area contributed by atoms with Crippen LogP contribution < -0.4 is 51.4 Å². The molecular formula is C8H11BF3KO. The van der Waals surface area contributed by atoms with E-state index in [1.807, 2.05) is 0 Å². The first kappa shape index (κ1) is 13.2. The molecule has 0 N–H and O–H groups in total. The van der Waals surface area contributed by atoms with Crippen molar-refractivity contribution in [2.24, 2.45) is 5.41 Å². The molecule has 1 atom stereocenters. The van der Waals surface area contributed by atoms with Gasteiger partial charge in [-0.05, 0) is 24.6 Å². The van der Waals surface area contributed by atoms with E-state index in [1.165, 1.54) is 6.92 Å². The van der Waals surface area contributed by atoms with Crippen molar-refractivity contribution in [1.29, 1.82) is 0 Å². The second-order valence-corrected chi connectivity index (χ2v) is 4.53. The number of carbonyl (C=O) groups excluding carboxylic acids is 1. The van der Waals surface area contributed by atoms with Gasteiger partial charge in [-0.1, -0.05) is 13.3 Å². The number of ketones is 1. The molecule has 0 aromatic carbocycles. The van der Waals surface area contributed by atoms with Crippen LogP contribution in [0.15, 0.2) is 0 Å². The van der Waals surface area contributed by atoms with E-state index in [-0.39, 0.29) is 63.6 Å². The second-order valence-electron chi connectivity index (χ2n) is 4.53. The molecule has 6 heteroatoms. The maximum absolute atomic E-state index is 12.7. The Bertz CT molecular complexity index is 274.